The van der Waals surface area contributed by atoms with Crippen LogP contribution < -0.4 is 0 Å². The minimum atomic E-state index is -0.195. The van der Waals surface area contributed by atoms with Gasteiger partial charge in [0.2, 0.25) is 0 Å². The number of aromatic nitrogens is 1. The summed E-state index contributed by atoms with van der Waals surface area (Å²) in [6.45, 7) is 3.50. The Morgan fingerprint density at radius 1 is 1.33 bits per heavy atom. The summed E-state index contributed by atoms with van der Waals surface area (Å²) in [6, 6.07) is 6.84. The average molecular weight is 207 g/mol. The third-order valence-corrected chi connectivity index (χ3v) is 2.56. The second-order valence-electron chi connectivity index (χ2n) is 3.52. The third kappa shape index (κ3) is 1.75. The maximum atomic E-state index is 13.0. The lowest BCUT2D eigenvalue weighted by atomic mass is 10.2. The standard InChI is InChI=1S/C12H14FNO/c1-3-14-11(8-15-2)7-9-6-10(13)4-5-12(9)14/h4-7H,3,8H2,1-2H3. The van der Waals surface area contributed by atoms with Crippen molar-refractivity contribution >= 4 is 10.9 Å². The number of methoxy groups -OCH3 is 1. The number of ether oxygens (including phenoxy) is 1. The molecular formula is C12H14FNO. The molecule has 15 heavy (non-hydrogen) atoms. The van der Waals surface area contributed by atoms with Gasteiger partial charge in [0.05, 0.1) is 6.61 Å². The predicted octanol–water partition coefficient (Wildman–Crippen LogP) is 2.95. The Bertz CT molecular complexity index is 476. The monoisotopic (exact) mass is 207 g/mol. The second kappa shape index (κ2) is 4.03. The van der Waals surface area contributed by atoms with E-state index in [2.05, 4.69) is 11.5 Å². The van der Waals surface area contributed by atoms with E-state index in [0.717, 1.165) is 23.1 Å². The Morgan fingerprint density at radius 2 is 2.13 bits per heavy atom. The molecule has 1 aromatic heterocycles. The highest BCUT2D eigenvalue weighted by atomic mass is 19.1. The fourth-order valence-electron chi connectivity index (χ4n) is 1.94. The van der Waals surface area contributed by atoms with Crippen LogP contribution in [0.15, 0.2) is 24.3 Å². The molecule has 1 aromatic carbocycles. The number of benzene rings is 1. The Labute approximate surface area is 88.3 Å². The normalized spacial score (nSPS) is 11.1. The molecule has 0 spiro atoms. The molecule has 80 valence electrons. The van der Waals surface area contributed by atoms with Crippen LogP contribution in [0.25, 0.3) is 10.9 Å². The first-order chi connectivity index (χ1) is 7.26. The van der Waals surface area contributed by atoms with Crippen LogP contribution in [0.2, 0.25) is 0 Å². The molecule has 0 aliphatic heterocycles. The van der Waals surface area contributed by atoms with Gasteiger partial charge in [-0.25, -0.2) is 4.39 Å². The van der Waals surface area contributed by atoms with E-state index in [1.54, 1.807) is 13.2 Å². The number of rotatable bonds is 3. The van der Waals surface area contributed by atoms with Gasteiger partial charge < -0.3 is 9.30 Å². The van der Waals surface area contributed by atoms with Gasteiger partial charge in [-0.15, -0.1) is 0 Å². The van der Waals surface area contributed by atoms with E-state index in [0.29, 0.717) is 6.61 Å². The van der Waals surface area contributed by atoms with Gasteiger partial charge in [-0.1, -0.05) is 0 Å². The lowest BCUT2D eigenvalue weighted by molar-refractivity contribution is 0.178. The van der Waals surface area contributed by atoms with Crippen LogP contribution in [-0.2, 0) is 17.9 Å². The highest BCUT2D eigenvalue weighted by Crippen LogP contribution is 2.21. The molecule has 0 unspecified atom stereocenters. The molecule has 0 aliphatic rings. The largest absolute Gasteiger partial charge is 0.378 e. The molecule has 0 saturated carbocycles. The van der Waals surface area contributed by atoms with Crippen LogP contribution in [0, 0.1) is 5.82 Å². The molecule has 0 aliphatic carbocycles. The van der Waals surface area contributed by atoms with Crippen molar-refractivity contribution in [1.82, 2.24) is 4.57 Å². The Morgan fingerprint density at radius 3 is 2.80 bits per heavy atom. The van der Waals surface area contributed by atoms with Crippen molar-refractivity contribution in [1.29, 1.82) is 0 Å². The molecule has 0 atom stereocenters. The summed E-state index contributed by atoms with van der Waals surface area (Å²) in [7, 11) is 1.66. The summed E-state index contributed by atoms with van der Waals surface area (Å²) in [5.41, 5.74) is 2.14. The fourth-order valence-corrected chi connectivity index (χ4v) is 1.94. The third-order valence-electron chi connectivity index (χ3n) is 2.56. The van der Waals surface area contributed by atoms with Crippen molar-refractivity contribution in [2.75, 3.05) is 7.11 Å². The molecule has 0 radical (unpaired) electrons. The van der Waals surface area contributed by atoms with E-state index in [4.69, 9.17) is 4.74 Å². The van der Waals surface area contributed by atoms with Crippen molar-refractivity contribution in [3.05, 3.63) is 35.8 Å². The number of aryl methyl sites for hydroxylation is 1. The second-order valence-corrected chi connectivity index (χ2v) is 3.52. The summed E-state index contributed by atoms with van der Waals surface area (Å²) in [4.78, 5) is 0. The van der Waals surface area contributed by atoms with Gasteiger partial charge in [0.1, 0.15) is 5.82 Å². The quantitative estimate of drug-likeness (QED) is 0.754. The van der Waals surface area contributed by atoms with E-state index >= 15 is 0 Å². The van der Waals surface area contributed by atoms with Gasteiger partial charge in [0.15, 0.2) is 0 Å². The number of nitrogens with zero attached hydrogens (tertiary/aromatic N) is 1. The molecule has 2 aromatic rings. The molecule has 3 heteroatoms. The number of hydrogen-bond acceptors (Lipinski definition) is 1. The maximum Gasteiger partial charge on any atom is 0.123 e. The minimum absolute atomic E-state index is 0.195. The van der Waals surface area contributed by atoms with Gasteiger partial charge in [-0.05, 0) is 31.2 Å². The first-order valence-corrected chi connectivity index (χ1v) is 5.03. The molecule has 0 amide bonds. The average Bonchev–Trinajstić information content (AvgIpc) is 2.54. The fraction of sp³-hybridized carbons (Fsp3) is 0.333. The van der Waals surface area contributed by atoms with Gasteiger partial charge in [-0.3, -0.25) is 0 Å². The molecule has 1 heterocycles. The first kappa shape index (κ1) is 10.2. The van der Waals surface area contributed by atoms with Crippen LogP contribution in [0.4, 0.5) is 4.39 Å². The van der Waals surface area contributed by atoms with Crippen LogP contribution in [0.1, 0.15) is 12.6 Å². The van der Waals surface area contributed by atoms with Crippen molar-refractivity contribution in [2.24, 2.45) is 0 Å². The minimum Gasteiger partial charge on any atom is -0.378 e. The number of halogens is 1. The zero-order chi connectivity index (χ0) is 10.8. The molecular weight excluding hydrogens is 193 g/mol. The summed E-state index contributed by atoms with van der Waals surface area (Å²) in [5, 5.41) is 0.934. The van der Waals surface area contributed by atoms with E-state index in [-0.39, 0.29) is 5.82 Å². The molecule has 0 N–H and O–H groups in total. The van der Waals surface area contributed by atoms with Crippen LogP contribution in [-0.4, -0.2) is 11.7 Å². The van der Waals surface area contributed by atoms with Gasteiger partial charge >= 0.3 is 0 Å². The number of fused-ring (bicyclic) bond motifs is 1. The topological polar surface area (TPSA) is 14.2 Å². The van der Waals surface area contributed by atoms with Gasteiger partial charge in [0, 0.05) is 30.3 Å². The van der Waals surface area contributed by atoms with Crippen molar-refractivity contribution < 1.29 is 9.13 Å². The zero-order valence-electron chi connectivity index (χ0n) is 8.96. The van der Waals surface area contributed by atoms with E-state index in [1.807, 2.05) is 12.1 Å². The maximum absolute atomic E-state index is 13.0. The molecule has 0 saturated heterocycles. The van der Waals surface area contributed by atoms with Crippen LogP contribution >= 0.6 is 0 Å². The van der Waals surface area contributed by atoms with Crippen LogP contribution in [0.3, 0.4) is 0 Å². The van der Waals surface area contributed by atoms with Crippen molar-refractivity contribution in [3.8, 4) is 0 Å². The van der Waals surface area contributed by atoms with Crippen LogP contribution in [0.5, 0.6) is 0 Å². The van der Waals surface area contributed by atoms with E-state index in [1.165, 1.54) is 6.07 Å². The lowest BCUT2D eigenvalue weighted by Crippen LogP contribution is -2.01. The zero-order valence-corrected chi connectivity index (χ0v) is 8.96. The molecule has 2 rings (SSSR count). The molecule has 2 nitrogen and oxygen atoms in total. The lowest BCUT2D eigenvalue weighted by Gasteiger charge is -2.06. The highest BCUT2D eigenvalue weighted by molar-refractivity contribution is 5.81. The van der Waals surface area contributed by atoms with E-state index in [9.17, 15) is 4.39 Å². The van der Waals surface area contributed by atoms with Gasteiger partial charge in [-0.2, -0.15) is 0 Å². The van der Waals surface area contributed by atoms with Crippen molar-refractivity contribution in [2.45, 2.75) is 20.1 Å². The molecule has 0 fully saturated rings. The summed E-state index contributed by atoms with van der Waals surface area (Å²) < 4.78 is 20.3. The SMILES string of the molecule is CCn1c(COC)cc2cc(F)ccc21. The Kier molecular flexibility index (Phi) is 2.73. The van der Waals surface area contributed by atoms with E-state index < -0.39 is 0 Å². The number of hydrogen-bond donors (Lipinski definition) is 0. The highest BCUT2D eigenvalue weighted by Gasteiger charge is 2.07. The predicted molar refractivity (Wildman–Crippen MR) is 58.3 cm³/mol. The Balaban J connectivity index is 2.62. The summed E-state index contributed by atoms with van der Waals surface area (Å²) in [5.74, 6) is -0.195. The molecule has 0 bridgehead atoms. The Hall–Kier alpha value is -1.35. The van der Waals surface area contributed by atoms with Gasteiger partial charge in [0.25, 0.3) is 0 Å². The first-order valence-electron chi connectivity index (χ1n) is 5.03. The smallest absolute Gasteiger partial charge is 0.123 e. The summed E-state index contributed by atoms with van der Waals surface area (Å²) in [6.07, 6.45) is 0. The van der Waals surface area contributed by atoms with Crippen molar-refractivity contribution in [3.63, 3.8) is 0 Å². The summed E-state index contributed by atoms with van der Waals surface area (Å²) >= 11 is 0.